The maximum absolute atomic E-state index is 12.0. The van der Waals surface area contributed by atoms with Crippen LogP contribution < -0.4 is 4.72 Å². The first-order valence-corrected chi connectivity index (χ1v) is 7.27. The summed E-state index contributed by atoms with van der Waals surface area (Å²) in [5.41, 5.74) is 1.22. The molecule has 0 fully saturated rings. The van der Waals surface area contributed by atoms with Crippen LogP contribution in [0.3, 0.4) is 0 Å². The zero-order chi connectivity index (χ0) is 13.6. The van der Waals surface area contributed by atoms with Crippen molar-refractivity contribution in [3.05, 3.63) is 29.3 Å². The van der Waals surface area contributed by atoms with E-state index >= 15 is 0 Å². The Morgan fingerprint density at radius 3 is 2.72 bits per heavy atom. The molecule has 0 saturated heterocycles. The molecule has 0 amide bonds. The van der Waals surface area contributed by atoms with Gasteiger partial charge < -0.3 is 9.84 Å². The van der Waals surface area contributed by atoms with Crippen molar-refractivity contribution in [1.29, 1.82) is 0 Å². The highest BCUT2D eigenvalue weighted by Crippen LogP contribution is 2.16. The lowest BCUT2D eigenvalue weighted by atomic mass is 10.2. The number of aliphatic hydroxyl groups excluding tert-OH is 1. The smallest absolute Gasteiger partial charge is 0.240 e. The Hall–Kier alpha value is -0.950. The van der Waals surface area contributed by atoms with E-state index in [-0.39, 0.29) is 18.0 Å². The van der Waals surface area contributed by atoms with Gasteiger partial charge in [0.05, 0.1) is 18.1 Å². The first-order chi connectivity index (χ1) is 8.51. The van der Waals surface area contributed by atoms with Crippen LogP contribution in [0.5, 0.6) is 0 Å². The summed E-state index contributed by atoms with van der Waals surface area (Å²) >= 11 is 0. The fraction of sp³-hybridized carbons (Fsp3) is 0.500. The third-order valence-corrected chi connectivity index (χ3v) is 4.07. The lowest BCUT2D eigenvalue weighted by Gasteiger charge is -2.10. The number of aryl methyl sites for hydroxylation is 1. The van der Waals surface area contributed by atoms with Crippen molar-refractivity contribution < 1.29 is 18.3 Å². The molecule has 2 N–H and O–H groups in total. The highest BCUT2D eigenvalue weighted by atomic mass is 32.2. The fourth-order valence-electron chi connectivity index (χ4n) is 1.50. The molecule has 0 aliphatic carbocycles. The molecular formula is C12H19NO4S. The molecule has 0 saturated carbocycles. The molecule has 0 bridgehead atoms. The van der Waals surface area contributed by atoms with Crippen LogP contribution in [0.2, 0.25) is 0 Å². The average Bonchev–Trinajstić information content (AvgIpc) is 2.35. The van der Waals surface area contributed by atoms with Gasteiger partial charge in [0.15, 0.2) is 0 Å². The molecule has 0 radical (unpaired) electrons. The molecule has 1 rings (SSSR count). The van der Waals surface area contributed by atoms with E-state index in [2.05, 4.69) is 4.72 Å². The summed E-state index contributed by atoms with van der Waals surface area (Å²) in [6.45, 7) is 4.53. The van der Waals surface area contributed by atoms with E-state index in [0.717, 1.165) is 0 Å². The van der Waals surface area contributed by atoms with Crippen LogP contribution in [0.4, 0.5) is 0 Å². The summed E-state index contributed by atoms with van der Waals surface area (Å²) in [5.74, 6) is 0. The van der Waals surface area contributed by atoms with Crippen LogP contribution in [0, 0.1) is 6.92 Å². The third-order valence-electron chi connectivity index (χ3n) is 2.47. The zero-order valence-corrected chi connectivity index (χ0v) is 11.5. The molecule has 6 heteroatoms. The van der Waals surface area contributed by atoms with Gasteiger partial charge >= 0.3 is 0 Å². The zero-order valence-electron chi connectivity index (χ0n) is 10.6. The van der Waals surface area contributed by atoms with Gasteiger partial charge in [0, 0.05) is 13.2 Å². The minimum absolute atomic E-state index is 0.179. The van der Waals surface area contributed by atoms with Gasteiger partial charge in [-0.05, 0) is 31.0 Å². The summed E-state index contributed by atoms with van der Waals surface area (Å²) in [4.78, 5) is 0.200. The number of benzene rings is 1. The molecule has 0 aliphatic rings. The lowest BCUT2D eigenvalue weighted by Crippen LogP contribution is -2.28. The second-order valence-electron chi connectivity index (χ2n) is 3.85. The maximum Gasteiger partial charge on any atom is 0.240 e. The van der Waals surface area contributed by atoms with Gasteiger partial charge in [0.25, 0.3) is 0 Å². The predicted octanol–water partition coefficient (Wildman–Crippen LogP) is 0.802. The standard InChI is InChI=1S/C12H19NO4S/c1-3-17-7-6-13-18(15,16)12-8-11(9-14)5-4-10(12)2/h4-5,8,13-14H,3,6-7,9H2,1-2H3. The summed E-state index contributed by atoms with van der Waals surface area (Å²) in [6, 6.07) is 4.87. The Morgan fingerprint density at radius 1 is 1.39 bits per heavy atom. The van der Waals surface area contributed by atoms with Crippen LogP contribution in [0.1, 0.15) is 18.1 Å². The van der Waals surface area contributed by atoms with E-state index < -0.39 is 10.0 Å². The van der Waals surface area contributed by atoms with Crippen molar-refractivity contribution in [2.24, 2.45) is 0 Å². The van der Waals surface area contributed by atoms with Gasteiger partial charge in [0.1, 0.15) is 0 Å². The Morgan fingerprint density at radius 2 is 2.11 bits per heavy atom. The number of sulfonamides is 1. The molecule has 1 aromatic rings. The Balaban J connectivity index is 2.83. The second-order valence-corrected chi connectivity index (χ2v) is 5.59. The highest BCUT2D eigenvalue weighted by molar-refractivity contribution is 7.89. The largest absolute Gasteiger partial charge is 0.392 e. The van der Waals surface area contributed by atoms with Gasteiger partial charge in [-0.2, -0.15) is 0 Å². The first-order valence-electron chi connectivity index (χ1n) is 5.79. The number of aliphatic hydroxyl groups is 1. The maximum atomic E-state index is 12.0. The second kappa shape index (κ2) is 6.84. The van der Waals surface area contributed by atoms with Gasteiger partial charge in [-0.1, -0.05) is 12.1 Å². The molecule has 0 unspecified atom stereocenters. The van der Waals surface area contributed by atoms with Gasteiger partial charge in [0.2, 0.25) is 10.0 Å². The van der Waals surface area contributed by atoms with Crippen molar-refractivity contribution in [2.75, 3.05) is 19.8 Å². The van der Waals surface area contributed by atoms with Crippen LogP contribution in [0.25, 0.3) is 0 Å². The van der Waals surface area contributed by atoms with E-state index in [1.165, 1.54) is 6.07 Å². The summed E-state index contributed by atoms with van der Waals surface area (Å²) in [6.07, 6.45) is 0. The van der Waals surface area contributed by atoms with E-state index in [4.69, 9.17) is 9.84 Å². The molecule has 0 atom stereocenters. The molecule has 0 spiro atoms. The van der Waals surface area contributed by atoms with Crippen LogP contribution in [-0.4, -0.2) is 33.3 Å². The van der Waals surface area contributed by atoms with E-state index in [1.54, 1.807) is 19.1 Å². The number of nitrogens with one attached hydrogen (secondary N) is 1. The quantitative estimate of drug-likeness (QED) is 0.721. The Kier molecular flexibility index (Phi) is 5.74. The number of rotatable bonds is 7. The lowest BCUT2D eigenvalue weighted by molar-refractivity contribution is 0.153. The normalized spacial score (nSPS) is 11.7. The molecule has 5 nitrogen and oxygen atoms in total. The third kappa shape index (κ3) is 4.06. The van der Waals surface area contributed by atoms with Gasteiger partial charge in [-0.3, -0.25) is 0 Å². The topological polar surface area (TPSA) is 75.6 Å². The first kappa shape index (κ1) is 15.1. The van der Waals surface area contributed by atoms with Crippen LogP contribution in [0.15, 0.2) is 23.1 Å². The molecule has 1 aromatic carbocycles. The Labute approximate surface area is 108 Å². The monoisotopic (exact) mass is 273 g/mol. The number of hydrogen-bond acceptors (Lipinski definition) is 4. The van der Waals surface area contributed by atoms with Gasteiger partial charge in [-0.25, -0.2) is 13.1 Å². The molecule has 0 aromatic heterocycles. The van der Waals surface area contributed by atoms with Crippen LogP contribution >= 0.6 is 0 Å². The number of hydrogen-bond donors (Lipinski definition) is 2. The van der Waals surface area contributed by atoms with Gasteiger partial charge in [-0.15, -0.1) is 0 Å². The average molecular weight is 273 g/mol. The number of ether oxygens (including phenoxy) is 1. The van der Waals surface area contributed by atoms with E-state index in [1.807, 2.05) is 6.92 Å². The fourth-order valence-corrected chi connectivity index (χ4v) is 2.81. The summed E-state index contributed by atoms with van der Waals surface area (Å²) in [5, 5.41) is 9.03. The molecular weight excluding hydrogens is 254 g/mol. The molecule has 102 valence electrons. The van der Waals surface area contributed by atoms with Crippen LogP contribution in [-0.2, 0) is 21.4 Å². The summed E-state index contributed by atoms with van der Waals surface area (Å²) in [7, 11) is -3.55. The van der Waals surface area contributed by atoms with Crippen molar-refractivity contribution in [1.82, 2.24) is 4.72 Å². The molecule has 0 aliphatic heterocycles. The minimum Gasteiger partial charge on any atom is -0.392 e. The molecule has 18 heavy (non-hydrogen) atoms. The predicted molar refractivity (Wildman–Crippen MR) is 68.8 cm³/mol. The van der Waals surface area contributed by atoms with E-state index in [9.17, 15) is 8.42 Å². The van der Waals surface area contributed by atoms with Crippen molar-refractivity contribution in [3.8, 4) is 0 Å². The minimum atomic E-state index is -3.55. The van der Waals surface area contributed by atoms with Crippen molar-refractivity contribution >= 4 is 10.0 Å². The summed E-state index contributed by atoms with van der Waals surface area (Å²) < 4.78 is 31.6. The van der Waals surface area contributed by atoms with Crippen molar-refractivity contribution in [3.63, 3.8) is 0 Å². The SMILES string of the molecule is CCOCCNS(=O)(=O)c1cc(CO)ccc1C. The highest BCUT2D eigenvalue weighted by Gasteiger charge is 2.16. The Bertz CT molecular complexity index is 485. The molecule has 0 heterocycles. The van der Waals surface area contributed by atoms with E-state index in [0.29, 0.717) is 24.3 Å². The van der Waals surface area contributed by atoms with Crippen molar-refractivity contribution in [2.45, 2.75) is 25.3 Å².